The molecule has 2 aromatic carbocycles. The van der Waals surface area contributed by atoms with Gasteiger partial charge in [-0.2, -0.15) is 0 Å². The van der Waals surface area contributed by atoms with Gasteiger partial charge in [-0.15, -0.1) is 0 Å². The molecule has 0 aliphatic rings. The van der Waals surface area contributed by atoms with E-state index in [1.807, 2.05) is 0 Å². The second-order valence-corrected chi connectivity index (χ2v) is 5.14. The molecule has 19 heavy (non-hydrogen) atoms. The van der Waals surface area contributed by atoms with Gasteiger partial charge in [0.1, 0.15) is 5.78 Å². The van der Waals surface area contributed by atoms with E-state index in [0.717, 1.165) is 19.5 Å². The van der Waals surface area contributed by atoms with Crippen LogP contribution in [-0.4, -0.2) is 30.8 Å². The van der Waals surface area contributed by atoms with E-state index in [-0.39, 0.29) is 5.78 Å². The zero-order valence-corrected chi connectivity index (χ0v) is 11.7. The molecule has 0 heterocycles. The standard InChI is InChI=1S/C17H21NO/c1-14(19)10-12-18(2)13-11-16-8-5-7-15-6-3-4-9-17(15)16/h3-9H,10-13H2,1-2H3. The van der Waals surface area contributed by atoms with Crippen LogP contribution in [-0.2, 0) is 11.2 Å². The summed E-state index contributed by atoms with van der Waals surface area (Å²) in [6.07, 6.45) is 1.67. The maximum atomic E-state index is 11.0. The smallest absolute Gasteiger partial charge is 0.131 e. The van der Waals surface area contributed by atoms with Crippen LogP contribution in [0.25, 0.3) is 10.8 Å². The van der Waals surface area contributed by atoms with Crippen LogP contribution in [0, 0.1) is 0 Å². The van der Waals surface area contributed by atoms with Gasteiger partial charge in [0.25, 0.3) is 0 Å². The minimum Gasteiger partial charge on any atom is -0.306 e. The quantitative estimate of drug-likeness (QED) is 0.789. The highest BCUT2D eigenvalue weighted by molar-refractivity contribution is 5.85. The van der Waals surface area contributed by atoms with Crippen LogP contribution in [0.15, 0.2) is 42.5 Å². The van der Waals surface area contributed by atoms with Crippen molar-refractivity contribution < 1.29 is 4.79 Å². The Morgan fingerprint density at radius 2 is 1.79 bits per heavy atom. The normalized spacial score (nSPS) is 11.1. The van der Waals surface area contributed by atoms with Crippen LogP contribution in [0.4, 0.5) is 0 Å². The molecular formula is C17H21NO. The number of fused-ring (bicyclic) bond motifs is 1. The number of hydrogen-bond acceptors (Lipinski definition) is 2. The third-order valence-electron chi connectivity index (χ3n) is 3.49. The second kappa shape index (κ2) is 6.48. The average molecular weight is 255 g/mol. The Balaban J connectivity index is 2.00. The Hall–Kier alpha value is -1.67. The number of carbonyl (C=O) groups excluding carboxylic acids is 1. The van der Waals surface area contributed by atoms with E-state index in [9.17, 15) is 4.79 Å². The van der Waals surface area contributed by atoms with Crippen LogP contribution in [0.2, 0.25) is 0 Å². The summed E-state index contributed by atoms with van der Waals surface area (Å²) >= 11 is 0. The maximum absolute atomic E-state index is 11.0. The van der Waals surface area contributed by atoms with Gasteiger partial charge < -0.3 is 4.90 Å². The lowest BCUT2D eigenvalue weighted by Gasteiger charge is -2.16. The predicted octanol–water partition coefficient (Wildman–Crippen LogP) is 3.29. The lowest BCUT2D eigenvalue weighted by molar-refractivity contribution is -0.117. The molecule has 0 unspecified atom stereocenters. The molecule has 2 heteroatoms. The summed E-state index contributed by atoms with van der Waals surface area (Å²) in [5, 5.41) is 2.64. The molecule has 0 aliphatic carbocycles. The van der Waals surface area contributed by atoms with Crippen molar-refractivity contribution in [3.63, 3.8) is 0 Å². The van der Waals surface area contributed by atoms with Crippen molar-refractivity contribution in [3.8, 4) is 0 Å². The number of nitrogens with zero attached hydrogens (tertiary/aromatic N) is 1. The minimum absolute atomic E-state index is 0.261. The van der Waals surface area contributed by atoms with E-state index in [2.05, 4.69) is 54.4 Å². The number of hydrogen-bond donors (Lipinski definition) is 0. The Labute approximate surface area is 115 Å². The Kier molecular flexibility index (Phi) is 4.69. The van der Waals surface area contributed by atoms with Crippen LogP contribution >= 0.6 is 0 Å². The van der Waals surface area contributed by atoms with Crippen LogP contribution in [0.1, 0.15) is 18.9 Å². The highest BCUT2D eigenvalue weighted by atomic mass is 16.1. The van der Waals surface area contributed by atoms with Crippen molar-refractivity contribution in [1.29, 1.82) is 0 Å². The van der Waals surface area contributed by atoms with Crippen molar-refractivity contribution >= 4 is 16.6 Å². The van der Waals surface area contributed by atoms with Crippen molar-refractivity contribution in [3.05, 3.63) is 48.0 Å². The lowest BCUT2D eigenvalue weighted by Crippen LogP contribution is -2.23. The summed E-state index contributed by atoms with van der Waals surface area (Å²) in [4.78, 5) is 13.2. The van der Waals surface area contributed by atoms with E-state index < -0.39 is 0 Å². The predicted molar refractivity (Wildman–Crippen MR) is 80.4 cm³/mol. The molecule has 0 aliphatic heterocycles. The van der Waals surface area contributed by atoms with Gasteiger partial charge in [-0.1, -0.05) is 42.5 Å². The van der Waals surface area contributed by atoms with Gasteiger partial charge in [-0.05, 0) is 36.7 Å². The van der Waals surface area contributed by atoms with E-state index in [0.29, 0.717) is 6.42 Å². The Bertz CT molecular complexity index is 557. The monoisotopic (exact) mass is 255 g/mol. The van der Waals surface area contributed by atoms with Crippen molar-refractivity contribution in [1.82, 2.24) is 4.90 Å². The Morgan fingerprint density at radius 1 is 1.05 bits per heavy atom. The van der Waals surface area contributed by atoms with Crippen molar-refractivity contribution in [2.75, 3.05) is 20.1 Å². The minimum atomic E-state index is 0.261. The van der Waals surface area contributed by atoms with Gasteiger partial charge >= 0.3 is 0 Å². The third kappa shape index (κ3) is 3.90. The molecule has 0 spiro atoms. The molecule has 2 aromatic rings. The number of rotatable bonds is 6. The first kappa shape index (κ1) is 13.8. The molecule has 2 rings (SSSR count). The number of ketones is 1. The first-order valence-corrected chi connectivity index (χ1v) is 6.81. The fraction of sp³-hybridized carbons (Fsp3) is 0.353. The summed E-state index contributed by atoms with van der Waals surface area (Å²) in [6, 6.07) is 15.0. The van der Waals surface area contributed by atoms with Crippen molar-refractivity contribution in [2.24, 2.45) is 0 Å². The number of likely N-dealkylation sites (N-methyl/N-ethyl adjacent to an activating group) is 1. The van der Waals surface area contributed by atoms with Gasteiger partial charge in [-0.25, -0.2) is 0 Å². The molecule has 2 nitrogen and oxygen atoms in total. The van der Waals surface area contributed by atoms with Gasteiger partial charge in [-0.3, -0.25) is 4.79 Å². The molecular weight excluding hydrogens is 234 g/mol. The van der Waals surface area contributed by atoms with E-state index in [1.54, 1.807) is 6.92 Å². The zero-order chi connectivity index (χ0) is 13.7. The molecule has 0 bridgehead atoms. The Morgan fingerprint density at radius 3 is 2.58 bits per heavy atom. The molecule has 0 atom stereocenters. The number of carbonyl (C=O) groups is 1. The number of benzene rings is 2. The fourth-order valence-electron chi connectivity index (χ4n) is 2.28. The SMILES string of the molecule is CC(=O)CCN(C)CCc1cccc2ccccc12. The first-order chi connectivity index (χ1) is 9.16. The maximum Gasteiger partial charge on any atom is 0.131 e. The van der Waals surface area contributed by atoms with Gasteiger partial charge in [0.05, 0.1) is 0 Å². The average Bonchev–Trinajstić information content (AvgIpc) is 2.42. The second-order valence-electron chi connectivity index (χ2n) is 5.14. The molecule has 100 valence electrons. The van der Waals surface area contributed by atoms with Crippen LogP contribution < -0.4 is 0 Å². The molecule has 0 amide bonds. The molecule has 0 fully saturated rings. The molecule has 0 aromatic heterocycles. The van der Waals surface area contributed by atoms with Gasteiger partial charge in [0, 0.05) is 19.5 Å². The molecule has 0 saturated carbocycles. The first-order valence-electron chi connectivity index (χ1n) is 6.81. The van der Waals surface area contributed by atoms with E-state index in [4.69, 9.17) is 0 Å². The summed E-state index contributed by atoms with van der Waals surface area (Å²) < 4.78 is 0. The zero-order valence-electron chi connectivity index (χ0n) is 11.7. The fourth-order valence-corrected chi connectivity index (χ4v) is 2.28. The van der Waals surface area contributed by atoms with E-state index in [1.165, 1.54) is 16.3 Å². The van der Waals surface area contributed by atoms with Crippen molar-refractivity contribution in [2.45, 2.75) is 19.8 Å². The summed E-state index contributed by atoms with van der Waals surface area (Å²) in [5.74, 6) is 0.261. The third-order valence-corrected chi connectivity index (χ3v) is 3.49. The lowest BCUT2D eigenvalue weighted by atomic mass is 10.0. The van der Waals surface area contributed by atoms with Crippen LogP contribution in [0.3, 0.4) is 0 Å². The number of Topliss-reactive ketones (excluding diaryl/α,β-unsaturated/α-hetero) is 1. The summed E-state index contributed by atoms with van der Waals surface area (Å²) in [5.41, 5.74) is 1.38. The molecule has 0 N–H and O–H groups in total. The summed E-state index contributed by atoms with van der Waals surface area (Å²) in [6.45, 7) is 3.49. The molecule has 0 radical (unpaired) electrons. The van der Waals surface area contributed by atoms with Gasteiger partial charge in [0.2, 0.25) is 0 Å². The van der Waals surface area contributed by atoms with Gasteiger partial charge in [0.15, 0.2) is 0 Å². The largest absolute Gasteiger partial charge is 0.306 e. The highest BCUT2D eigenvalue weighted by Gasteiger charge is 2.04. The summed E-state index contributed by atoms with van der Waals surface area (Å²) in [7, 11) is 2.08. The molecule has 0 saturated heterocycles. The van der Waals surface area contributed by atoms with Crippen LogP contribution in [0.5, 0.6) is 0 Å². The highest BCUT2D eigenvalue weighted by Crippen LogP contribution is 2.18. The topological polar surface area (TPSA) is 20.3 Å². The van der Waals surface area contributed by atoms with E-state index >= 15 is 0 Å².